The summed E-state index contributed by atoms with van der Waals surface area (Å²) in [6, 6.07) is -1.04. The molecule has 1 aliphatic rings. The number of hydrogen-bond acceptors (Lipinski definition) is 5. The second-order valence-electron chi connectivity index (χ2n) is 5.58. The van der Waals surface area contributed by atoms with Crippen LogP contribution in [0.5, 0.6) is 0 Å². The molecule has 6 nitrogen and oxygen atoms in total. The quantitative estimate of drug-likeness (QED) is 0.619. The summed E-state index contributed by atoms with van der Waals surface area (Å²) in [5.74, 6) is -1.52. The summed E-state index contributed by atoms with van der Waals surface area (Å²) in [6.45, 7) is 7.04. The van der Waals surface area contributed by atoms with E-state index in [9.17, 15) is 9.59 Å². The van der Waals surface area contributed by atoms with Crippen LogP contribution < -0.4 is 11.1 Å². The van der Waals surface area contributed by atoms with Gasteiger partial charge in [-0.15, -0.1) is 0 Å². The number of carboxylic acid groups (broad SMARTS) is 1. The molecule has 0 saturated carbocycles. The molecule has 17 heavy (non-hydrogen) atoms. The van der Waals surface area contributed by atoms with Crippen molar-refractivity contribution in [3.63, 3.8) is 0 Å². The van der Waals surface area contributed by atoms with E-state index >= 15 is 0 Å². The Morgan fingerprint density at radius 3 is 2.41 bits per heavy atom. The number of carbonyl (C=O) groups is 2. The van der Waals surface area contributed by atoms with Crippen LogP contribution in [-0.2, 0) is 14.3 Å². The minimum atomic E-state index is -1.12. The number of hydrogen-bond donors (Lipinski definition) is 3. The lowest BCUT2D eigenvalue weighted by Gasteiger charge is -2.41. The van der Waals surface area contributed by atoms with Crippen molar-refractivity contribution in [3.8, 4) is 0 Å². The summed E-state index contributed by atoms with van der Waals surface area (Å²) in [6.07, 6.45) is -1.06. The molecule has 1 fully saturated rings. The highest BCUT2D eigenvalue weighted by Crippen LogP contribution is 2.22. The smallest absolute Gasteiger partial charge is 0.323 e. The molecule has 0 aromatic rings. The Morgan fingerprint density at radius 1 is 1.47 bits per heavy atom. The van der Waals surface area contributed by atoms with Gasteiger partial charge in [-0.3, -0.25) is 14.9 Å². The van der Waals surface area contributed by atoms with Crippen molar-refractivity contribution in [3.05, 3.63) is 0 Å². The van der Waals surface area contributed by atoms with Crippen molar-refractivity contribution in [2.24, 2.45) is 5.73 Å². The van der Waals surface area contributed by atoms with Gasteiger partial charge in [-0.25, -0.2) is 0 Å². The first-order valence-electron chi connectivity index (χ1n) is 5.52. The minimum absolute atomic E-state index is 0.374. The molecule has 0 aliphatic carbocycles. The average molecular weight is 244 g/mol. The molecular formula is C11H20N2O4. The monoisotopic (exact) mass is 244 g/mol. The van der Waals surface area contributed by atoms with Gasteiger partial charge >= 0.3 is 5.97 Å². The Labute approximate surface area is 101 Å². The van der Waals surface area contributed by atoms with Crippen molar-refractivity contribution in [2.75, 3.05) is 6.54 Å². The van der Waals surface area contributed by atoms with Crippen LogP contribution in [0.1, 0.15) is 27.7 Å². The van der Waals surface area contributed by atoms with Gasteiger partial charge in [0.15, 0.2) is 5.78 Å². The number of carboxylic acids is 1. The highest BCUT2D eigenvalue weighted by atomic mass is 16.5. The van der Waals surface area contributed by atoms with Crippen molar-refractivity contribution < 1.29 is 19.4 Å². The fourth-order valence-corrected chi connectivity index (χ4v) is 1.70. The molecule has 0 bridgehead atoms. The lowest BCUT2D eigenvalue weighted by Crippen LogP contribution is -2.65. The highest BCUT2D eigenvalue weighted by Gasteiger charge is 2.46. The van der Waals surface area contributed by atoms with E-state index in [-0.39, 0.29) is 0 Å². The molecule has 0 aromatic heterocycles. The number of ether oxygens (including phenoxy) is 1. The molecule has 0 aromatic carbocycles. The number of carbonyl (C=O) groups excluding carboxylic acids is 1. The van der Waals surface area contributed by atoms with E-state index in [1.165, 1.54) is 0 Å². The Hall–Kier alpha value is -0.980. The molecular weight excluding hydrogens is 224 g/mol. The Morgan fingerprint density at radius 2 is 2.00 bits per heavy atom. The predicted octanol–water partition coefficient (Wildman–Crippen LogP) is -0.487. The Kier molecular flexibility index (Phi) is 3.61. The molecule has 0 radical (unpaired) electrons. The van der Waals surface area contributed by atoms with Gasteiger partial charge in [0.2, 0.25) is 0 Å². The average Bonchev–Trinajstić information content (AvgIpc) is 2.13. The van der Waals surface area contributed by atoms with Gasteiger partial charge < -0.3 is 15.6 Å². The molecule has 98 valence electrons. The van der Waals surface area contributed by atoms with Crippen LogP contribution in [0.3, 0.4) is 0 Å². The maximum Gasteiger partial charge on any atom is 0.323 e. The molecule has 0 amide bonds. The van der Waals surface area contributed by atoms with Gasteiger partial charge in [0.05, 0.1) is 11.1 Å². The lowest BCUT2D eigenvalue weighted by molar-refractivity contribution is -0.170. The zero-order valence-electron chi connectivity index (χ0n) is 10.6. The van der Waals surface area contributed by atoms with Crippen LogP contribution in [0, 0.1) is 0 Å². The second kappa shape index (κ2) is 4.36. The van der Waals surface area contributed by atoms with Crippen LogP contribution in [0.2, 0.25) is 0 Å². The lowest BCUT2D eigenvalue weighted by atomic mass is 9.89. The van der Waals surface area contributed by atoms with E-state index in [2.05, 4.69) is 5.32 Å². The van der Waals surface area contributed by atoms with Crippen molar-refractivity contribution in [1.82, 2.24) is 5.32 Å². The molecule has 2 atom stereocenters. The van der Waals surface area contributed by atoms with E-state index in [1.807, 2.05) is 0 Å². The number of ketones is 1. The molecule has 1 saturated heterocycles. The Bertz CT molecular complexity index is 333. The third-order valence-corrected chi connectivity index (χ3v) is 2.66. The van der Waals surface area contributed by atoms with E-state index in [0.29, 0.717) is 6.54 Å². The normalized spacial score (nSPS) is 28.8. The first kappa shape index (κ1) is 14.1. The molecule has 1 aliphatic heterocycles. The predicted molar refractivity (Wildman–Crippen MR) is 61.7 cm³/mol. The van der Waals surface area contributed by atoms with Crippen LogP contribution in [0.25, 0.3) is 0 Å². The van der Waals surface area contributed by atoms with E-state index in [1.54, 1.807) is 27.7 Å². The van der Waals surface area contributed by atoms with E-state index in [0.717, 1.165) is 0 Å². The summed E-state index contributed by atoms with van der Waals surface area (Å²) >= 11 is 0. The summed E-state index contributed by atoms with van der Waals surface area (Å²) in [5, 5.41) is 11.9. The fraction of sp³-hybridized carbons (Fsp3) is 0.818. The van der Waals surface area contributed by atoms with Crippen LogP contribution in [0.15, 0.2) is 0 Å². The zero-order chi connectivity index (χ0) is 13.4. The van der Waals surface area contributed by atoms with Crippen molar-refractivity contribution in [2.45, 2.75) is 51.0 Å². The fourth-order valence-electron chi connectivity index (χ4n) is 1.70. The number of aliphatic carboxylic acids is 1. The molecule has 1 heterocycles. The number of rotatable bonds is 3. The maximum atomic E-state index is 12.1. The molecule has 0 spiro atoms. The summed E-state index contributed by atoms with van der Waals surface area (Å²) < 4.78 is 5.56. The first-order chi connectivity index (χ1) is 7.54. The van der Waals surface area contributed by atoms with Gasteiger partial charge in [-0.05, 0) is 27.7 Å². The number of nitrogens with two attached hydrogens (primary N) is 1. The van der Waals surface area contributed by atoms with E-state index in [4.69, 9.17) is 15.6 Å². The van der Waals surface area contributed by atoms with Crippen molar-refractivity contribution in [1.29, 1.82) is 0 Å². The first-order valence-corrected chi connectivity index (χ1v) is 5.52. The second-order valence-corrected chi connectivity index (χ2v) is 5.58. The summed E-state index contributed by atoms with van der Waals surface area (Å²) in [5.41, 5.74) is 4.01. The van der Waals surface area contributed by atoms with Gasteiger partial charge in [0.25, 0.3) is 0 Å². The van der Waals surface area contributed by atoms with Crippen LogP contribution in [-0.4, -0.2) is 46.7 Å². The van der Waals surface area contributed by atoms with E-state index < -0.39 is 35.0 Å². The molecule has 1 rings (SSSR count). The topological polar surface area (TPSA) is 102 Å². The Balaban J connectivity index is 2.97. The SMILES string of the molecule is CC1(C)CNC(C(=O)O)C(C(=O)C(C)(C)N)O1. The van der Waals surface area contributed by atoms with Crippen LogP contribution in [0.4, 0.5) is 0 Å². The summed E-state index contributed by atoms with van der Waals surface area (Å²) in [4.78, 5) is 23.1. The molecule has 2 unspecified atom stereocenters. The van der Waals surface area contributed by atoms with Gasteiger partial charge in [0.1, 0.15) is 12.1 Å². The number of nitrogens with one attached hydrogen (secondary N) is 1. The van der Waals surface area contributed by atoms with Gasteiger partial charge in [-0.1, -0.05) is 0 Å². The van der Waals surface area contributed by atoms with Gasteiger partial charge in [-0.2, -0.15) is 0 Å². The van der Waals surface area contributed by atoms with Crippen molar-refractivity contribution >= 4 is 11.8 Å². The standard InChI is InChI=1S/C11H20N2O4/c1-10(2)5-13-6(9(15)16)7(17-10)8(14)11(3,4)12/h6-7,13H,5,12H2,1-4H3,(H,15,16). The zero-order valence-corrected chi connectivity index (χ0v) is 10.6. The molecule has 6 heteroatoms. The highest BCUT2D eigenvalue weighted by molar-refractivity contribution is 5.96. The third-order valence-electron chi connectivity index (χ3n) is 2.66. The van der Waals surface area contributed by atoms with Crippen LogP contribution >= 0.6 is 0 Å². The number of Topliss-reactive ketones (excluding diaryl/α,β-unsaturated/α-hetero) is 1. The third kappa shape index (κ3) is 3.24. The largest absolute Gasteiger partial charge is 0.480 e. The summed E-state index contributed by atoms with van der Waals surface area (Å²) in [7, 11) is 0. The minimum Gasteiger partial charge on any atom is -0.480 e. The number of morpholine rings is 1. The van der Waals surface area contributed by atoms with Gasteiger partial charge in [0, 0.05) is 6.54 Å². The molecule has 4 N–H and O–H groups in total. The maximum absolute atomic E-state index is 12.1.